The summed E-state index contributed by atoms with van der Waals surface area (Å²) in [5, 5.41) is 7.29. The molecular weight excluding hydrogens is 252 g/mol. The molecule has 2 N–H and O–H groups in total. The van der Waals surface area contributed by atoms with Gasteiger partial charge in [0.25, 0.3) is 5.91 Å². The first-order valence-corrected chi connectivity index (χ1v) is 7.21. The maximum absolute atomic E-state index is 12.1. The molecule has 0 bridgehead atoms. The molecular formula is C16H20N2O2. The number of hydrogen-bond acceptors (Lipinski definition) is 3. The fourth-order valence-corrected chi connectivity index (χ4v) is 2.68. The molecule has 2 aromatic rings. The van der Waals surface area contributed by atoms with E-state index in [-0.39, 0.29) is 5.91 Å². The molecule has 106 valence electrons. The minimum Gasteiger partial charge on any atom is -0.451 e. The number of nitrogens with one attached hydrogen (secondary N) is 2. The molecule has 0 saturated carbocycles. The summed E-state index contributed by atoms with van der Waals surface area (Å²) in [5.74, 6) is 0.865. The van der Waals surface area contributed by atoms with Crippen molar-refractivity contribution in [3.8, 4) is 0 Å². The normalized spacial score (nSPS) is 16.4. The summed E-state index contributed by atoms with van der Waals surface area (Å²) in [5.41, 5.74) is 1.93. The minimum absolute atomic E-state index is 0.114. The standard InChI is InChI=1S/C16H20N2O2/c1-11-2-3-14-13(8-11)9-15(20-14)16(19)18-10-12-4-6-17-7-5-12/h2-3,8-9,12,17H,4-7,10H2,1H3,(H,18,19). The number of amides is 1. The molecule has 1 aliphatic rings. The van der Waals surface area contributed by atoms with Gasteiger partial charge >= 0.3 is 0 Å². The molecule has 0 unspecified atom stereocenters. The van der Waals surface area contributed by atoms with Crippen LogP contribution in [0.3, 0.4) is 0 Å². The Kier molecular flexibility index (Phi) is 3.74. The lowest BCUT2D eigenvalue weighted by Gasteiger charge is -2.22. The second kappa shape index (κ2) is 5.67. The molecule has 2 heterocycles. The monoisotopic (exact) mass is 272 g/mol. The van der Waals surface area contributed by atoms with Gasteiger partial charge in [0, 0.05) is 11.9 Å². The lowest BCUT2D eigenvalue weighted by atomic mass is 9.98. The van der Waals surface area contributed by atoms with Crippen LogP contribution in [-0.4, -0.2) is 25.5 Å². The maximum atomic E-state index is 12.1. The Balaban J connectivity index is 1.65. The van der Waals surface area contributed by atoms with E-state index < -0.39 is 0 Å². The van der Waals surface area contributed by atoms with Crippen LogP contribution in [0.15, 0.2) is 28.7 Å². The van der Waals surface area contributed by atoms with Gasteiger partial charge in [-0.15, -0.1) is 0 Å². The summed E-state index contributed by atoms with van der Waals surface area (Å²) in [6.45, 7) is 4.86. The summed E-state index contributed by atoms with van der Waals surface area (Å²) >= 11 is 0. The Morgan fingerprint density at radius 1 is 1.35 bits per heavy atom. The van der Waals surface area contributed by atoms with Crippen LogP contribution >= 0.6 is 0 Å². The van der Waals surface area contributed by atoms with E-state index in [0.29, 0.717) is 11.7 Å². The molecule has 1 saturated heterocycles. The summed E-state index contributed by atoms with van der Waals surface area (Å²) in [4.78, 5) is 12.1. The van der Waals surface area contributed by atoms with Crippen molar-refractivity contribution in [3.63, 3.8) is 0 Å². The largest absolute Gasteiger partial charge is 0.451 e. The van der Waals surface area contributed by atoms with Crippen LogP contribution in [0.1, 0.15) is 29.0 Å². The summed E-state index contributed by atoms with van der Waals surface area (Å²) in [6, 6.07) is 7.75. The van der Waals surface area contributed by atoms with Gasteiger partial charge in [-0.05, 0) is 57.0 Å². The van der Waals surface area contributed by atoms with Gasteiger partial charge in [0.1, 0.15) is 5.58 Å². The first-order chi connectivity index (χ1) is 9.72. The Bertz CT molecular complexity index is 612. The number of carbonyl (C=O) groups excluding carboxylic acids is 1. The number of hydrogen-bond donors (Lipinski definition) is 2. The SMILES string of the molecule is Cc1ccc2oc(C(=O)NCC3CCNCC3)cc2c1. The molecule has 0 aliphatic carbocycles. The Morgan fingerprint density at radius 3 is 2.95 bits per heavy atom. The van der Waals surface area contributed by atoms with E-state index in [1.165, 1.54) is 5.56 Å². The van der Waals surface area contributed by atoms with E-state index in [0.717, 1.165) is 43.4 Å². The molecule has 1 aliphatic heterocycles. The van der Waals surface area contributed by atoms with Gasteiger partial charge in [-0.2, -0.15) is 0 Å². The van der Waals surface area contributed by atoms with E-state index in [2.05, 4.69) is 10.6 Å². The number of benzene rings is 1. The van der Waals surface area contributed by atoms with Gasteiger partial charge in [-0.25, -0.2) is 0 Å². The zero-order chi connectivity index (χ0) is 13.9. The maximum Gasteiger partial charge on any atom is 0.287 e. The molecule has 0 spiro atoms. The number of carbonyl (C=O) groups is 1. The fourth-order valence-electron chi connectivity index (χ4n) is 2.68. The summed E-state index contributed by atoms with van der Waals surface area (Å²) in [7, 11) is 0. The average Bonchev–Trinajstić information content (AvgIpc) is 2.89. The van der Waals surface area contributed by atoms with Gasteiger partial charge in [0.2, 0.25) is 0 Å². The summed E-state index contributed by atoms with van der Waals surface area (Å²) < 4.78 is 5.60. The third kappa shape index (κ3) is 2.85. The van der Waals surface area contributed by atoms with Gasteiger partial charge in [0.05, 0.1) is 0 Å². The zero-order valence-corrected chi connectivity index (χ0v) is 11.7. The molecule has 1 fully saturated rings. The van der Waals surface area contributed by atoms with Crippen molar-refractivity contribution < 1.29 is 9.21 Å². The highest BCUT2D eigenvalue weighted by atomic mass is 16.3. The molecule has 20 heavy (non-hydrogen) atoms. The van der Waals surface area contributed by atoms with E-state index in [1.54, 1.807) is 0 Å². The number of rotatable bonds is 3. The van der Waals surface area contributed by atoms with Gasteiger partial charge in [0.15, 0.2) is 5.76 Å². The van der Waals surface area contributed by atoms with Crippen molar-refractivity contribution in [2.24, 2.45) is 5.92 Å². The van der Waals surface area contributed by atoms with Crippen LogP contribution < -0.4 is 10.6 Å². The smallest absolute Gasteiger partial charge is 0.287 e. The Morgan fingerprint density at radius 2 is 2.15 bits per heavy atom. The molecule has 4 nitrogen and oxygen atoms in total. The quantitative estimate of drug-likeness (QED) is 0.902. The van der Waals surface area contributed by atoms with Crippen LogP contribution in [0.4, 0.5) is 0 Å². The van der Waals surface area contributed by atoms with Crippen molar-refractivity contribution in [1.82, 2.24) is 10.6 Å². The number of furan rings is 1. The highest BCUT2D eigenvalue weighted by molar-refractivity contribution is 5.96. The molecule has 0 atom stereocenters. The van der Waals surface area contributed by atoms with Crippen LogP contribution in [0, 0.1) is 12.8 Å². The number of aryl methyl sites for hydroxylation is 1. The van der Waals surface area contributed by atoms with Crippen LogP contribution in [0.25, 0.3) is 11.0 Å². The van der Waals surface area contributed by atoms with E-state index in [1.807, 2.05) is 31.2 Å². The first-order valence-electron chi connectivity index (χ1n) is 7.21. The molecule has 3 rings (SSSR count). The predicted molar refractivity (Wildman–Crippen MR) is 78.9 cm³/mol. The molecule has 1 amide bonds. The van der Waals surface area contributed by atoms with Gasteiger partial charge in [-0.3, -0.25) is 4.79 Å². The van der Waals surface area contributed by atoms with Crippen molar-refractivity contribution in [2.75, 3.05) is 19.6 Å². The highest BCUT2D eigenvalue weighted by Crippen LogP contribution is 2.20. The molecule has 4 heteroatoms. The predicted octanol–water partition coefficient (Wildman–Crippen LogP) is 2.47. The third-order valence-electron chi connectivity index (χ3n) is 3.91. The zero-order valence-electron chi connectivity index (χ0n) is 11.7. The van der Waals surface area contributed by atoms with Crippen molar-refractivity contribution in [1.29, 1.82) is 0 Å². The van der Waals surface area contributed by atoms with E-state index >= 15 is 0 Å². The molecule has 1 aromatic heterocycles. The highest BCUT2D eigenvalue weighted by Gasteiger charge is 2.16. The molecule has 1 aromatic carbocycles. The number of fused-ring (bicyclic) bond motifs is 1. The first kappa shape index (κ1) is 13.2. The number of piperidine rings is 1. The van der Waals surface area contributed by atoms with Crippen LogP contribution in [0.5, 0.6) is 0 Å². The average molecular weight is 272 g/mol. The van der Waals surface area contributed by atoms with Gasteiger partial charge in [-0.1, -0.05) is 11.6 Å². The Labute approximate surface area is 118 Å². The minimum atomic E-state index is -0.114. The van der Waals surface area contributed by atoms with Crippen LogP contribution in [-0.2, 0) is 0 Å². The lowest BCUT2D eigenvalue weighted by Crippen LogP contribution is -2.35. The van der Waals surface area contributed by atoms with E-state index in [4.69, 9.17) is 4.42 Å². The van der Waals surface area contributed by atoms with Crippen molar-refractivity contribution in [3.05, 3.63) is 35.6 Å². The third-order valence-corrected chi connectivity index (χ3v) is 3.91. The molecule has 0 radical (unpaired) electrons. The van der Waals surface area contributed by atoms with Crippen molar-refractivity contribution in [2.45, 2.75) is 19.8 Å². The van der Waals surface area contributed by atoms with Gasteiger partial charge < -0.3 is 15.1 Å². The topological polar surface area (TPSA) is 54.3 Å². The van der Waals surface area contributed by atoms with Crippen molar-refractivity contribution >= 4 is 16.9 Å². The lowest BCUT2D eigenvalue weighted by molar-refractivity contribution is 0.0918. The summed E-state index contributed by atoms with van der Waals surface area (Å²) in [6.07, 6.45) is 2.25. The fraction of sp³-hybridized carbons (Fsp3) is 0.438. The second-order valence-corrected chi connectivity index (χ2v) is 5.56. The second-order valence-electron chi connectivity index (χ2n) is 5.56. The van der Waals surface area contributed by atoms with Crippen LogP contribution in [0.2, 0.25) is 0 Å². The van der Waals surface area contributed by atoms with E-state index in [9.17, 15) is 4.79 Å². The Hall–Kier alpha value is -1.81.